The monoisotopic (exact) mass is 778 g/mol. The third-order valence-corrected chi connectivity index (χ3v) is 12.2. The van der Waals surface area contributed by atoms with Crippen molar-refractivity contribution < 1.29 is 4.42 Å². The van der Waals surface area contributed by atoms with E-state index >= 15 is 0 Å². The molecule has 0 saturated carbocycles. The lowest BCUT2D eigenvalue weighted by atomic mass is 9.97. The van der Waals surface area contributed by atoms with Crippen molar-refractivity contribution in [2.45, 2.75) is 0 Å². The number of nitrogens with zero attached hydrogens (tertiary/aromatic N) is 2. The highest BCUT2D eigenvalue weighted by molar-refractivity contribution is 6.13. The van der Waals surface area contributed by atoms with Crippen molar-refractivity contribution in [2.75, 3.05) is 4.90 Å². The van der Waals surface area contributed by atoms with Crippen LogP contribution in [0.5, 0.6) is 0 Å². The molecule has 10 aromatic carbocycles. The standard InChI is InChI=1S/C58H38N2O/c1-2-14-39(15-3-1)40-32-35-45(36-33-40)59(53-25-12-17-42-16-4-5-18-46(42)53)52-23-9-6-19-47(52)43-30-28-41(29-31-43)44-34-37-49-48-20-7-10-24-54(48)60(56(49)38-44)55-26-13-22-51-50-21-8-11-27-57(50)61-58(51)55/h1-38H. The third-order valence-electron chi connectivity index (χ3n) is 12.2. The predicted octanol–water partition coefficient (Wildman–Crippen LogP) is 16.3. The zero-order valence-electron chi connectivity index (χ0n) is 33.2. The van der Waals surface area contributed by atoms with Crippen LogP contribution in [-0.2, 0) is 0 Å². The summed E-state index contributed by atoms with van der Waals surface area (Å²) < 4.78 is 8.95. The van der Waals surface area contributed by atoms with E-state index in [4.69, 9.17) is 4.42 Å². The van der Waals surface area contributed by atoms with Gasteiger partial charge >= 0.3 is 0 Å². The molecular formula is C58H38N2O. The molecule has 0 aliphatic rings. The number of hydrogen-bond donors (Lipinski definition) is 0. The first-order valence-electron chi connectivity index (χ1n) is 20.8. The molecule has 3 nitrogen and oxygen atoms in total. The van der Waals surface area contributed by atoms with Crippen molar-refractivity contribution in [1.82, 2.24) is 4.57 Å². The minimum atomic E-state index is 0.893. The molecule has 0 fully saturated rings. The molecule has 286 valence electrons. The zero-order chi connectivity index (χ0) is 40.3. The molecule has 0 aliphatic carbocycles. The molecule has 61 heavy (non-hydrogen) atoms. The van der Waals surface area contributed by atoms with Gasteiger partial charge in [-0.2, -0.15) is 0 Å². The quantitative estimate of drug-likeness (QED) is 0.161. The number of hydrogen-bond acceptors (Lipinski definition) is 2. The fourth-order valence-corrected chi connectivity index (χ4v) is 9.32. The Kier molecular flexibility index (Phi) is 8.17. The van der Waals surface area contributed by atoms with E-state index in [1.807, 2.05) is 6.07 Å². The van der Waals surface area contributed by atoms with Crippen molar-refractivity contribution in [3.05, 3.63) is 231 Å². The number of aromatic nitrogens is 1. The first-order chi connectivity index (χ1) is 30.3. The molecule has 12 aromatic rings. The lowest BCUT2D eigenvalue weighted by Gasteiger charge is -2.29. The molecular weight excluding hydrogens is 741 g/mol. The number of rotatable bonds is 7. The van der Waals surface area contributed by atoms with Gasteiger partial charge in [-0.3, -0.25) is 0 Å². The second-order valence-corrected chi connectivity index (χ2v) is 15.7. The molecule has 0 radical (unpaired) electrons. The Morgan fingerprint density at radius 1 is 0.344 bits per heavy atom. The van der Waals surface area contributed by atoms with Gasteiger partial charge < -0.3 is 13.9 Å². The van der Waals surface area contributed by atoms with E-state index in [-0.39, 0.29) is 0 Å². The van der Waals surface area contributed by atoms with Gasteiger partial charge in [-0.15, -0.1) is 0 Å². The Morgan fingerprint density at radius 2 is 0.918 bits per heavy atom. The average molecular weight is 779 g/mol. The lowest BCUT2D eigenvalue weighted by molar-refractivity contribution is 0.666. The minimum absolute atomic E-state index is 0.893. The van der Waals surface area contributed by atoms with E-state index in [2.05, 4.69) is 234 Å². The fourth-order valence-electron chi connectivity index (χ4n) is 9.32. The minimum Gasteiger partial charge on any atom is -0.454 e. The van der Waals surface area contributed by atoms with Gasteiger partial charge in [0.05, 0.1) is 28.1 Å². The van der Waals surface area contributed by atoms with E-state index in [1.54, 1.807) is 0 Å². The van der Waals surface area contributed by atoms with E-state index < -0.39 is 0 Å². The molecule has 0 aliphatic heterocycles. The Labute approximate surface area is 353 Å². The average Bonchev–Trinajstić information content (AvgIpc) is 3.88. The highest BCUT2D eigenvalue weighted by Gasteiger charge is 2.21. The molecule has 0 unspecified atom stereocenters. The van der Waals surface area contributed by atoms with Gasteiger partial charge in [0.2, 0.25) is 0 Å². The Morgan fingerprint density at radius 3 is 1.79 bits per heavy atom. The van der Waals surface area contributed by atoms with Crippen molar-refractivity contribution >= 4 is 71.6 Å². The maximum absolute atomic E-state index is 6.58. The van der Waals surface area contributed by atoms with Gasteiger partial charge in [-0.1, -0.05) is 182 Å². The van der Waals surface area contributed by atoms with Crippen LogP contribution in [0.15, 0.2) is 235 Å². The van der Waals surface area contributed by atoms with E-state index in [0.717, 1.165) is 78.0 Å². The lowest BCUT2D eigenvalue weighted by Crippen LogP contribution is -2.11. The van der Waals surface area contributed by atoms with Crippen LogP contribution in [0.25, 0.3) is 93.6 Å². The summed E-state index contributed by atoms with van der Waals surface area (Å²) in [6.45, 7) is 0. The number of furan rings is 1. The van der Waals surface area contributed by atoms with Crippen LogP contribution in [0, 0.1) is 0 Å². The van der Waals surface area contributed by atoms with Gasteiger partial charge in [0.1, 0.15) is 5.58 Å². The second kappa shape index (κ2) is 14.3. The van der Waals surface area contributed by atoms with Crippen molar-refractivity contribution in [3.8, 4) is 39.1 Å². The summed E-state index contributed by atoms with van der Waals surface area (Å²) in [6, 6.07) is 82.9. The molecule has 0 spiro atoms. The summed E-state index contributed by atoms with van der Waals surface area (Å²) in [7, 11) is 0. The van der Waals surface area contributed by atoms with Crippen molar-refractivity contribution in [2.24, 2.45) is 0 Å². The molecule has 0 saturated heterocycles. The summed E-state index contributed by atoms with van der Waals surface area (Å²) in [5, 5.41) is 7.08. The number of benzene rings is 10. The van der Waals surface area contributed by atoms with E-state index in [1.165, 1.54) is 32.7 Å². The van der Waals surface area contributed by atoms with Gasteiger partial charge in [-0.05, 0) is 81.7 Å². The Hall–Kier alpha value is -8.14. The molecule has 0 amide bonds. The van der Waals surface area contributed by atoms with E-state index in [9.17, 15) is 0 Å². The molecule has 0 bridgehead atoms. The van der Waals surface area contributed by atoms with Crippen molar-refractivity contribution in [3.63, 3.8) is 0 Å². The largest absolute Gasteiger partial charge is 0.454 e. The van der Waals surface area contributed by atoms with E-state index in [0.29, 0.717) is 0 Å². The highest BCUT2D eigenvalue weighted by Crippen LogP contribution is 2.45. The van der Waals surface area contributed by atoms with Crippen LogP contribution < -0.4 is 4.90 Å². The van der Waals surface area contributed by atoms with Crippen LogP contribution in [0.3, 0.4) is 0 Å². The number of para-hydroxylation sites is 4. The van der Waals surface area contributed by atoms with Crippen LogP contribution in [0.4, 0.5) is 17.1 Å². The first-order valence-corrected chi connectivity index (χ1v) is 20.8. The Balaban J connectivity index is 0.972. The smallest absolute Gasteiger partial charge is 0.159 e. The van der Waals surface area contributed by atoms with Gasteiger partial charge in [0, 0.05) is 38.2 Å². The predicted molar refractivity (Wildman–Crippen MR) is 257 cm³/mol. The van der Waals surface area contributed by atoms with Crippen LogP contribution >= 0.6 is 0 Å². The molecule has 2 aromatic heterocycles. The summed E-state index contributed by atoms with van der Waals surface area (Å²) in [6.07, 6.45) is 0. The topological polar surface area (TPSA) is 21.3 Å². The SMILES string of the molecule is c1ccc(-c2ccc(N(c3ccccc3-c3ccc(-c4ccc5c6ccccc6n(-c6cccc7c6oc6ccccc67)c5c4)cc3)c3cccc4ccccc34)cc2)cc1. The summed E-state index contributed by atoms with van der Waals surface area (Å²) in [5.41, 5.74) is 15.5. The van der Waals surface area contributed by atoms with Crippen LogP contribution in [0.1, 0.15) is 0 Å². The van der Waals surface area contributed by atoms with Gasteiger partial charge in [0.15, 0.2) is 5.58 Å². The van der Waals surface area contributed by atoms with Crippen LogP contribution in [-0.4, -0.2) is 4.57 Å². The molecule has 12 rings (SSSR count). The molecule has 0 atom stereocenters. The van der Waals surface area contributed by atoms with Crippen molar-refractivity contribution in [1.29, 1.82) is 0 Å². The Bertz CT molecular complexity index is 3570. The zero-order valence-corrected chi connectivity index (χ0v) is 33.2. The first kappa shape index (κ1) is 34.9. The maximum atomic E-state index is 6.58. The molecule has 2 heterocycles. The number of fused-ring (bicyclic) bond motifs is 7. The molecule has 3 heteroatoms. The maximum Gasteiger partial charge on any atom is 0.159 e. The number of anilines is 3. The van der Waals surface area contributed by atoms with Gasteiger partial charge in [0.25, 0.3) is 0 Å². The molecule has 0 N–H and O–H groups in total. The summed E-state index contributed by atoms with van der Waals surface area (Å²) >= 11 is 0. The second-order valence-electron chi connectivity index (χ2n) is 15.7. The van der Waals surface area contributed by atoms with Crippen LogP contribution in [0.2, 0.25) is 0 Å². The highest BCUT2D eigenvalue weighted by atomic mass is 16.3. The third kappa shape index (κ3) is 5.82. The normalized spacial score (nSPS) is 11.6. The van der Waals surface area contributed by atoms with Gasteiger partial charge in [-0.25, -0.2) is 0 Å². The summed E-state index contributed by atoms with van der Waals surface area (Å²) in [4.78, 5) is 2.41. The summed E-state index contributed by atoms with van der Waals surface area (Å²) in [5.74, 6) is 0. The fraction of sp³-hybridized carbons (Fsp3) is 0.